The largest absolute Gasteiger partial charge is 0.310 e. The highest BCUT2D eigenvalue weighted by molar-refractivity contribution is 7.21. The molecule has 1 aliphatic heterocycles. The highest BCUT2D eigenvalue weighted by Gasteiger charge is 2.28. The van der Waals surface area contributed by atoms with Crippen LogP contribution in [0.3, 0.4) is 0 Å². The molecule has 2 heterocycles. The summed E-state index contributed by atoms with van der Waals surface area (Å²) < 4.78 is 1.23. The van der Waals surface area contributed by atoms with Crippen LogP contribution in [0, 0.1) is 0 Å². The van der Waals surface area contributed by atoms with E-state index >= 15 is 0 Å². The van der Waals surface area contributed by atoms with Gasteiger partial charge < -0.3 is 4.90 Å². The van der Waals surface area contributed by atoms with Gasteiger partial charge in [0.2, 0.25) is 0 Å². The maximum absolute atomic E-state index is 4.81. The maximum atomic E-state index is 4.81. The number of fused-ring (bicyclic) bond motifs is 3. The van der Waals surface area contributed by atoms with Gasteiger partial charge in [0.25, 0.3) is 0 Å². The summed E-state index contributed by atoms with van der Waals surface area (Å²) in [5.41, 5.74) is 8.65. The molecular formula is C27H20N2S. The lowest BCUT2D eigenvalue weighted by molar-refractivity contribution is 0.892. The fourth-order valence-electron chi connectivity index (χ4n) is 4.44. The minimum Gasteiger partial charge on any atom is -0.310 e. The van der Waals surface area contributed by atoms with Crippen LogP contribution in [-0.4, -0.2) is 4.98 Å². The lowest BCUT2D eigenvalue weighted by Crippen LogP contribution is -2.20. The number of anilines is 3. The van der Waals surface area contributed by atoms with E-state index in [9.17, 15) is 0 Å². The van der Waals surface area contributed by atoms with Crippen molar-refractivity contribution in [3.63, 3.8) is 0 Å². The van der Waals surface area contributed by atoms with Crippen molar-refractivity contribution in [2.24, 2.45) is 0 Å². The van der Waals surface area contributed by atoms with Gasteiger partial charge in [0.1, 0.15) is 5.01 Å². The van der Waals surface area contributed by atoms with Crippen molar-refractivity contribution in [2.45, 2.75) is 12.8 Å². The van der Waals surface area contributed by atoms with Crippen LogP contribution >= 0.6 is 11.3 Å². The average molecular weight is 405 g/mol. The number of para-hydroxylation sites is 3. The van der Waals surface area contributed by atoms with Crippen molar-refractivity contribution < 1.29 is 0 Å². The van der Waals surface area contributed by atoms with E-state index in [1.54, 1.807) is 11.3 Å². The summed E-state index contributed by atoms with van der Waals surface area (Å²) in [6, 6.07) is 34.6. The molecule has 0 amide bonds. The van der Waals surface area contributed by atoms with Crippen LogP contribution in [0.15, 0.2) is 97.1 Å². The Morgan fingerprint density at radius 1 is 0.700 bits per heavy atom. The molecule has 2 nitrogen and oxygen atoms in total. The molecule has 0 atom stereocenters. The van der Waals surface area contributed by atoms with E-state index in [2.05, 4.69) is 103 Å². The van der Waals surface area contributed by atoms with Gasteiger partial charge in [-0.05, 0) is 59.7 Å². The smallest absolute Gasteiger partial charge is 0.124 e. The first-order valence-electron chi connectivity index (χ1n) is 10.2. The highest BCUT2D eigenvalue weighted by atomic mass is 32.1. The topological polar surface area (TPSA) is 16.1 Å². The molecule has 0 bridgehead atoms. The molecule has 4 aromatic carbocycles. The molecule has 6 rings (SSSR count). The number of rotatable bonds is 2. The molecule has 30 heavy (non-hydrogen) atoms. The SMILES string of the molecule is CC1c2ccccc2N(c2ccc(-c3nc4ccccc4s3)cc2)c2ccccc21. The van der Waals surface area contributed by atoms with Crippen molar-refractivity contribution in [1.82, 2.24) is 4.98 Å². The Hall–Kier alpha value is -3.43. The molecule has 0 saturated carbocycles. The lowest BCUT2D eigenvalue weighted by Gasteiger charge is -2.36. The van der Waals surface area contributed by atoms with E-state index in [1.807, 2.05) is 6.07 Å². The van der Waals surface area contributed by atoms with E-state index in [1.165, 1.54) is 32.9 Å². The number of aromatic nitrogens is 1. The number of nitrogens with zero attached hydrogens (tertiary/aromatic N) is 2. The van der Waals surface area contributed by atoms with Gasteiger partial charge in [0, 0.05) is 28.5 Å². The minimum absolute atomic E-state index is 0.385. The molecule has 1 aliphatic rings. The zero-order chi connectivity index (χ0) is 20.1. The van der Waals surface area contributed by atoms with Gasteiger partial charge in [0.05, 0.1) is 10.2 Å². The Morgan fingerprint density at radius 3 is 1.97 bits per heavy atom. The standard InChI is InChI=1S/C27H20N2S/c1-18-21-8-2-5-11-24(21)29(25-12-6-3-9-22(18)25)20-16-14-19(15-17-20)27-28-23-10-4-7-13-26(23)30-27/h2-18H,1H3. The van der Waals surface area contributed by atoms with Crippen LogP contribution in [0.2, 0.25) is 0 Å². The van der Waals surface area contributed by atoms with Crippen molar-refractivity contribution in [3.8, 4) is 10.6 Å². The van der Waals surface area contributed by atoms with Crippen molar-refractivity contribution in [2.75, 3.05) is 4.90 Å². The van der Waals surface area contributed by atoms with Crippen molar-refractivity contribution in [3.05, 3.63) is 108 Å². The molecule has 0 aliphatic carbocycles. The molecule has 1 aromatic heterocycles. The quantitative estimate of drug-likeness (QED) is 0.297. The van der Waals surface area contributed by atoms with Crippen LogP contribution in [0.4, 0.5) is 17.1 Å². The summed E-state index contributed by atoms with van der Waals surface area (Å²) in [4.78, 5) is 7.19. The van der Waals surface area contributed by atoms with Gasteiger partial charge in [-0.3, -0.25) is 0 Å². The summed E-state index contributed by atoms with van der Waals surface area (Å²) >= 11 is 1.74. The molecule has 0 radical (unpaired) electrons. The zero-order valence-electron chi connectivity index (χ0n) is 16.6. The maximum Gasteiger partial charge on any atom is 0.124 e. The van der Waals surface area contributed by atoms with Gasteiger partial charge in [-0.15, -0.1) is 11.3 Å². The second kappa shape index (κ2) is 6.82. The third-order valence-corrected chi connectivity index (χ3v) is 7.04. The Balaban J connectivity index is 1.46. The first-order valence-corrected chi connectivity index (χ1v) is 11.1. The van der Waals surface area contributed by atoms with Crippen molar-refractivity contribution in [1.29, 1.82) is 0 Å². The highest BCUT2D eigenvalue weighted by Crippen LogP contribution is 2.48. The second-order valence-electron chi connectivity index (χ2n) is 7.71. The lowest BCUT2D eigenvalue weighted by atomic mass is 9.86. The van der Waals surface area contributed by atoms with E-state index < -0.39 is 0 Å². The van der Waals surface area contributed by atoms with Gasteiger partial charge >= 0.3 is 0 Å². The van der Waals surface area contributed by atoms with Crippen molar-refractivity contribution >= 4 is 38.6 Å². The molecule has 0 N–H and O–H groups in total. The Bertz CT molecular complexity index is 1290. The van der Waals surface area contributed by atoms with Crippen LogP contribution in [-0.2, 0) is 0 Å². The van der Waals surface area contributed by atoms with Gasteiger partial charge in [0.15, 0.2) is 0 Å². The number of hydrogen-bond donors (Lipinski definition) is 0. The number of hydrogen-bond acceptors (Lipinski definition) is 3. The van der Waals surface area contributed by atoms with Gasteiger partial charge in [-0.1, -0.05) is 55.5 Å². The third-order valence-electron chi connectivity index (χ3n) is 5.95. The van der Waals surface area contributed by atoms with Crippen LogP contribution in [0.25, 0.3) is 20.8 Å². The average Bonchev–Trinajstić information content (AvgIpc) is 3.24. The van der Waals surface area contributed by atoms with Gasteiger partial charge in [-0.25, -0.2) is 4.98 Å². The molecule has 0 fully saturated rings. The first kappa shape index (κ1) is 17.4. The van der Waals surface area contributed by atoms with Crippen LogP contribution in [0.5, 0.6) is 0 Å². The summed E-state index contributed by atoms with van der Waals surface area (Å²) in [6.45, 7) is 2.30. The second-order valence-corrected chi connectivity index (χ2v) is 8.74. The minimum atomic E-state index is 0.385. The van der Waals surface area contributed by atoms with E-state index in [-0.39, 0.29) is 0 Å². The molecule has 3 heteroatoms. The van der Waals surface area contributed by atoms with Gasteiger partial charge in [-0.2, -0.15) is 0 Å². The van der Waals surface area contributed by atoms with E-state index in [0.29, 0.717) is 5.92 Å². The molecule has 0 unspecified atom stereocenters. The molecular weight excluding hydrogens is 384 g/mol. The number of thiazole rings is 1. The predicted molar refractivity (Wildman–Crippen MR) is 127 cm³/mol. The summed E-state index contributed by atoms with van der Waals surface area (Å²) in [7, 11) is 0. The molecule has 0 spiro atoms. The third kappa shape index (κ3) is 2.66. The normalized spacial score (nSPS) is 13.3. The fraction of sp³-hybridized carbons (Fsp3) is 0.0741. The summed E-state index contributed by atoms with van der Waals surface area (Å²) in [5.74, 6) is 0.385. The molecule has 144 valence electrons. The molecule has 0 saturated heterocycles. The Morgan fingerprint density at radius 2 is 1.30 bits per heavy atom. The van der Waals surface area contributed by atoms with E-state index in [0.717, 1.165) is 16.1 Å². The van der Waals surface area contributed by atoms with Crippen LogP contribution < -0.4 is 4.90 Å². The zero-order valence-corrected chi connectivity index (χ0v) is 17.4. The van der Waals surface area contributed by atoms with Crippen LogP contribution in [0.1, 0.15) is 24.0 Å². The summed E-state index contributed by atoms with van der Waals surface area (Å²) in [6.07, 6.45) is 0. The predicted octanol–water partition coefficient (Wildman–Crippen LogP) is 7.90. The number of benzene rings is 4. The molecule has 5 aromatic rings. The monoisotopic (exact) mass is 404 g/mol. The Kier molecular flexibility index (Phi) is 3.96. The fourth-order valence-corrected chi connectivity index (χ4v) is 5.41. The summed E-state index contributed by atoms with van der Waals surface area (Å²) in [5, 5.41) is 1.07. The first-order chi connectivity index (χ1) is 14.8. The van der Waals surface area contributed by atoms with E-state index in [4.69, 9.17) is 4.98 Å². The Labute approximate surface area is 180 Å².